The second-order valence-corrected chi connectivity index (χ2v) is 5.09. The molecule has 0 saturated heterocycles. The van der Waals surface area contributed by atoms with Gasteiger partial charge >= 0.3 is 0 Å². The van der Waals surface area contributed by atoms with Gasteiger partial charge in [0.15, 0.2) is 0 Å². The van der Waals surface area contributed by atoms with Crippen molar-refractivity contribution in [1.29, 1.82) is 0 Å². The number of anilines is 2. The van der Waals surface area contributed by atoms with Gasteiger partial charge < -0.3 is 11.5 Å². The topological polar surface area (TPSA) is 52.0 Å². The molecule has 2 nitrogen and oxygen atoms in total. The van der Waals surface area contributed by atoms with Gasteiger partial charge in [-0.25, -0.2) is 0 Å². The smallest absolute Gasteiger partial charge is 0.0346 e. The van der Waals surface area contributed by atoms with Crippen molar-refractivity contribution in [3.8, 4) is 0 Å². The molecule has 0 aliphatic heterocycles. The molecule has 2 rings (SSSR count). The summed E-state index contributed by atoms with van der Waals surface area (Å²) in [7, 11) is 0. The predicted molar refractivity (Wildman–Crippen MR) is 83.3 cm³/mol. The Morgan fingerprint density at radius 3 is 2.21 bits per heavy atom. The Hall–Kier alpha value is -1.96. The molecule has 4 N–H and O–H groups in total. The molecule has 0 radical (unpaired) electrons. The summed E-state index contributed by atoms with van der Waals surface area (Å²) >= 11 is 0. The molecule has 1 unspecified atom stereocenters. The number of hydrogen-bond donors (Lipinski definition) is 2. The van der Waals surface area contributed by atoms with Gasteiger partial charge in [-0.2, -0.15) is 0 Å². The van der Waals surface area contributed by atoms with Crippen molar-refractivity contribution < 1.29 is 0 Å². The van der Waals surface area contributed by atoms with E-state index in [1.165, 1.54) is 22.3 Å². The molecule has 0 fully saturated rings. The van der Waals surface area contributed by atoms with Crippen molar-refractivity contribution in [2.24, 2.45) is 0 Å². The second kappa shape index (κ2) is 5.35. The van der Waals surface area contributed by atoms with Gasteiger partial charge in [0.2, 0.25) is 0 Å². The molecule has 0 bridgehead atoms. The summed E-state index contributed by atoms with van der Waals surface area (Å²) in [6, 6.07) is 12.3. The summed E-state index contributed by atoms with van der Waals surface area (Å²) in [4.78, 5) is 0. The number of hydrogen-bond acceptors (Lipinski definition) is 2. The van der Waals surface area contributed by atoms with Gasteiger partial charge in [-0.3, -0.25) is 0 Å². The Morgan fingerprint density at radius 2 is 1.63 bits per heavy atom. The van der Waals surface area contributed by atoms with E-state index in [1.807, 2.05) is 18.2 Å². The van der Waals surface area contributed by atoms with Crippen LogP contribution in [0.1, 0.15) is 42.0 Å². The molecule has 0 aliphatic carbocycles. The summed E-state index contributed by atoms with van der Waals surface area (Å²) in [5, 5.41) is 0. The molecule has 0 spiro atoms. The number of nitrogens with two attached hydrogens (primary N) is 2. The number of benzene rings is 2. The maximum atomic E-state index is 6.01. The van der Waals surface area contributed by atoms with Gasteiger partial charge in [0.25, 0.3) is 0 Å². The van der Waals surface area contributed by atoms with Crippen LogP contribution in [0.15, 0.2) is 36.4 Å². The Morgan fingerprint density at radius 1 is 1.00 bits per heavy atom. The predicted octanol–water partition coefficient (Wildman–Crippen LogP) is 3.87. The van der Waals surface area contributed by atoms with Gasteiger partial charge in [-0.05, 0) is 53.8 Å². The fourth-order valence-electron chi connectivity index (χ4n) is 2.64. The SMILES string of the molecule is CCc1c(C(C)c2ccc(N)cc2)ccc(N)c1C. The van der Waals surface area contributed by atoms with Crippen molar-refractivity contribution in [3.63, 3.8) is 0 Å². The zero-order valence-corrected chi connectivity index (χ0v) is 11.9. The first-order valence-electron chi connectivity index (χ1n) is 6.77. The highest BCUT2D eigenvalue weighted by Gasteiger charge is 2.14. The van der Waals surface area contributed by atoms with Gasteiger partial charge in [-0.15, -0.1) is 0 Å². The monoisotopic (exact) mass is 254 g/mol. The van der Waals surface area contributed by atoms with E-state index < -0.39 is 0 Å². The van der Waals surface area contributed by atoms with E-state index in [0.717, 1.165) is 17.8 Å². The third kappa shape index (κ3) is 2.58. The molecular formula is C17H22N2. The average Bonchev–Trinajstić information content (AvgIpc) is 2.41. The van der Waals surface area contributed by atoms with Crippen LogP contribution in [-0.2, 0) is 6.42 Å². The van der Waals surface area contributed by atoms with E-state index in [4.69, 9.17) is 11.5 Å². The lowest BCUT2D eigenvalue weighted by molar-refractivity contribution is 0.888. The van der Waals surface area contributed by atoms with Crippen molar-refractivity contribution in [3.05, 3.63) is 58.7 Å². The standard InChI is InChI=1S/C17H22N2/c1-4-15-12(3)17(19)10-9-16(15)11(2)13-5-7-14(18)8-6-13/h5-11H,4,18-19H2,1-3H3. The molecule has 0 aromatic heterocycles. The largest absolute Gasteiger partial charge is 0.399 e. The van der Waals surface area contributed by atoms with Gasteiger partial charge in [-0.1, -0.05) is 32.0 Å². The summed E-state index contributed by atoms with van der Waals surface area (Å²) in [5.74, 6) is 0.356. The Bertz CT molecular complexity index is 571. The average molecular weight is 254 g/mol. The van der Waals surface area contributed by atoms with Crippen molar-refractivity contribution >= 4 is 11.4 Å². The molecule has 2 heteroatoms. The normalized spacial score (nSPS) is 12.4. The zero-order chi connectivity index (χ0) is 14.0. The van der Waals surface area contributed by atoms with Gasteiger partial charge in [0.1, 0.15) is 0 Å². The molecule has 2 aromatic carbocycles. The van der Waals surface area contributed by atoms with Gasteiger partial charge in [0, 0.05) is 17.3 Å². The van der Waals surface area contributed by atoms with Crippen molar-refractivity contribution in [1.82, 2.24) is 0 Å². The first kappa shape index (κ1) is 13.5. The highest BCUT2D eigenvalue weighted by Crippen LogP contribution is 2.31. The fourth-order valence-corrected chi connectivity index (χ4v) is 2.64. The van der Waals surface area contributed by atoms with Crippen LogP contribution in [0.25, 0.3) is 0 Å². The molecule has 0 saturated carbocycles. The molecule has 19 heavy (non-hydrogen) atoms. The highest BCUT2D eigenvalue weighted by molar-refractivity contribution is 5.55. The van der Waals surface area contributed by atoms with Crippen LogP contribution in [0.2, 0.25) is 0 Å². The quantitative estimate of drug-likeness (QED) is 0.817. The summed E-state index contributed by atoms with van der Waals surface area (Å²) in [5.41, 5.74) is 18.7. The lowest BCUT2D eigenvalue weighted by atomic mass is 9.86. The van der Waals surface area contributed by atoms with Crippen LogP contribution < -0.4 is 11.5 Å². The first-order chi connectivity index (χ1) is 9.04. The van der Waals surface area contributed by atoms with Crippen LogP contribution >= 0.6 is 0 Å². The van der Waals surface area contributed by atoms with Crippen molar-refractivity contribution in [2.45, 2.75) is 33.1 Å². The molecule has 0 heterocycles. The highest BCUT2D eigenvalue weighted by atomic mass is 14.6. The number of rotatable bonds is 3. The summed E-state index contributed by atoms with van der Waals surface area (Å²) in [6.45, 7) is 6.52. The molecule has 1 atom stereocenters. The minimum atomic E-state index is 0.356. The molecule has 0 aliphatic rings. The Labute approximate surface area is 115 Å². The molecule has 100 valence electrons. The van der Waals surface area contributed by atoms with Crippen LogP contribution in [0.4, 0.5) is 11.4 Å². The van der Waals surface area contributed by atoms with Crippen LogP contribution in [0, 0.1) is 6.92 Å². The van der Waals surface area contributed by atoms with Crippen LogP contribution in [0.3, 0.4) is 0 Å². The van der Waals surface area contributed by atoms with E-state index in [0.29, 0.717) is 5.92 Å². The van der Waals surface area contributed by atoms with Crippen LogP contribution in [0.5, 0.6) is 0 Å². The van der Waals surface area contributed by atoms with E-state index in [2.05, 4.69) is 39.0 Å². The molecule has 0 amide bonds. The fraction of sp³-hybridized carbons (Fsp3) is 0.294. The van der Waals surface area contributed by atoms with E-state index in [-0.39, 0.29) is 0 Å². The van der Waals surface area contributed by atoms with E-state index in [9.17, 15) is 0 Å². The third-order valence-corrected chi connectivity index (χ3v) is 3.93. The van der Waals surface area contributed by atoms with E-state index in [1.54, 1.807) is 0 Å². The summed E-state index contributed by atoms with van der Waals surface area (Å²) < 4.78 is 0. The van der Waals surface area contributed by atoms with Crippen LogP contribution in [-0.4, -0.2) is 0 Å². The van der Waals surface area contributed by atoms with Gasteiger partial charge in [0.05, 0.1) is 0 Å². The first-order valence-corrected chi connectivity index (χ1v) is 6.77. The molecular weight excluding hydrogens is 232 g/mol. The Balaban J connectivity index is 2.46. The lowest BCUT2D eigenvalue weighted by Gasteiger charge is -2.19. The minimum absolute atomic E-state index is 0.356. The maximum absolute atomic E-state index is 6.01. The number of nitrogen functional groups attached to an aromatic ring is 2. The Kier molecular flexibility index (Phi) is 3.79. The molecule has 2 aromatic rings. The zero-order valence-electron chi connectivity index (χ0n) is 11.9. The summed E-state index contributed by atoms with van der Waals surface area (Å²) in [6.07, 6.45) is 1.01. The van der Waals surface area contributed by atoms with Crippen molar-refractivity contribution in [2.75, 3.05) is 11.5 Å². The van der Waals surface area contributed by atoms with E-state index >= 15 is 0 Å². The lowest BCUT2D eigenvalue weighted by Crippen LogP contribution is -2.05. The maximum Gasteiger partial charge on any atom is 0.0346 e. The minimum Gasteiger partial charge on any atom is -0.399 e. The second-order valence-electron chi connectivity index (χ2n) is 5.09. The third-order valence-electron chi connectivity index (χ3n) is 3.93.